The first-order chi connectivity index (χ1) is 8.19. The summed E-state index contributed by atoms with van der Waals surface area (Å²) in [6.07, 6.45) is 0. The summed E-state index contributed by atoms with van der Waals surface area (Å²) in [6, 6.07) is 9.93. The van der Waals surface area contributed by atoms with Crippen LogP contribution in [0.1, 0.15) is 16.0 Å². The van der Waals surface area contributed by atoms with Crippen molar-refractivity contribution in [2.75, 3.05) is 5.32 Å². The van der Waals surface area contributed by atoms with E-state index in [0.29, 0.717) is 12.1 Å². The second kappa shape index (κ2) is 5.22. The van der Waals surface area contributed by atoms with Crippen LogP contribution in [0.4, 0.5) is 5.69 Å². The fourth-order valence-corrected chi connectivity index (χ4v) is 2.53. The Labute approximate surface area is 109 Å². The third kappa shape index (κ3) is 3.00. The predicted molar refractivity (Wildman–Crippen MR) is 72.5 cm³/mol. The average Bonchev–Trinajstić information content (AvgIpc) is 2.76. The van der Waals surface area contributed by atoms with Gasteiger partial charge < -0.3 is 5.32 Å². The highest BCUT2D eigenvalue weighted by atomic mass is 35.5. The quantitative estimate of drug-likeness (QED) is 0.900. The van der Waals surface area contributed by atoms with E-state index in [1.54, 1.807) is 11.3 Å². The first-order valence-electron chi connectivity index (χ1n) is 5.16. The first kappa shape index (κ1) is 12.0. The highest BCUT2D eigenvalue weighted by molar-refractivity contribution is 7.10. The molecule has 0 fully saturated rings. The topological polar surface area (TPSA) is 35.8 Å². The number of nitrogens with zero attached hydrogens (tertiary/aromatic N) is 1. The standard InChI is InChI=1S/C13H11ClN2S/c1-9-2-3-13(12(14)4-9)16-7-11-5-10(6-15)8-17-11/h2-5,8,16H,7H2,1H3. The molecule has 1 heterocycles. The number of hydrogen-bond donors (Lipinski definition) is 1. The second-order valence-corrected chi connectivity index (χ2v) is 5.15. The molecule has 0 bridgehead atoms. The molecule has 0 saturated carbocycles. The van der Waals surface area contributed by atoms with Gasteiger partial charge in [0.05, 0.1) is 16.3 Å². The van der Waals surface area contributed by atoms with Gasteiger partial charge in [0.25, 0.3) is 0 Å². The molecule has 1 aromatic heterocycles. The summed E-state index contributed by atoms with van der Waals surface area (Å²) in [5, 5.41) is 14.6. The highest BCUT2D eigenvalue weighted by Crippen LogP contribution is 2.24. The van der Waals surface area contributed by atoms with Gasteiger partial charge in [0.2, 0.25) is 0 Å². The maximum absolute atomic E-state index is 8.73. The Kier molecular flexibility index (Phi) is 3.68. The van der Waals surface area contributed by atoms with Crippen molar-refractivity contribution in [3.8, 4) is 6.07 Å². The van der Waals surface area contributed by atoms with E-state index in [0.717, 1.165) is 21.2 Å². The van der Waals surface area contributed by atoms with Crippen LogP contribution in [0.15, 0.2) is 29.6 Å². The lowest BCUT2D eigenvalue weighted by atomic mass is 10.2. The van der Waals surface area contributed by atoms with Gasteiger partial charge in [-0.25, -0.2) is 0 Å². The van der Waals surface area contributed by atoms with Gasteiger partial charge in [0, 0.05) is 16.8 Å². The molecule has 0 amide bonds. The van der Waals surface area contributed by atoms with Crippen molar-refractivity contribution in [2.24, 2.45) is 0 Å². The van der Waals surface area contributed by atoms with E-state index < -0.39 is 0 Å². The SMILES string of the molecule is Cc1ccc(NCc2cc(C#N)cs2)c(Cl)c1. The number of nitriles is 1. The molecule has 0 radical (unpaired) electrons. The van der Waals surface area contributed by atoms with Crippen LogP contribution in [-0.4, -0.2) is 0 Å². The lowest BCUT2D eigenvalue weighted by molar-refractivity contribution is 1.19. The Morgan fingerprint density at radius 3 is 2.88 bits per heavy atom. The van der Waals surface area contributed by atoms with Crippen LogP contribution in [0.5, 0.6) is 0 Å². The van der Waals surface area contributed by atoms with Gasteiger partial charge in [-0.15, -0.1) is 11.3 Å². The molecule has 0 aliphatic heterocycles. The van der Waals surface area contributed by atoms with Gasteiger partial charge in [-0.1, -0.05) is 17.7 Å². The van der Waals surface area contributed by atoms with Gasteiger partial charge in [0.15, 0.2) is 0 Å². The normalized spacial score (nSPS) is 9.94. The highest BCUT2D eigenvalue weighted by Gasteiger charge is 2.02. The van der Waals surface area contributed by atoms with E-state index in [4.69, 9.17) is 16.9 Å². The minimum atomic E-state index is 0.690. The number of hydrogen-bond acceptors (Lipinski definition) is 3. The molecular formula is C13H11ClN2S. The Balaban J connectivity index is 2.05. The van der Waals surface area contributed by atoms with Gasteiger partial charge in [-0.3, -0.25) is 0 Å². The van der Waals surface area contributed by atoms with Crippen molar-refractivity contribution in [3.63, 3.8) is 0 Å². The monoisotopic (exact) mass is 262 g/mol. The third-order valence-corrected chi connectivity index (χ3v) is 3.61. The van der Waals surface area contributed by atoms with Gasteiger partial charge in [-0.05, 0) is 30.7 Å². The fraction of sp³-hybridized carbons (Fsp3) is 0.154. The summed E-state index contributed by atoms with van der Waals surface area (Å²) >= 11 is 7.69. The Bertz CT molecular complexity index is 569. The number of benzene rings is 1. The predicted octanol–water partition coefficient (Wildman–Crippen LogP) is 4.19. The Morgan fingerprint density at radius 2 is 2.24 bits per heavy atom. The van der Waals surface area contributed by atoms with Crippen LogP contribution in [0.2, 0.25) is 5.02 Å². The van der Waals surface area contributed by atoms with E-state index in [1.807, 2.05) is 36.6 Å². The number of thiophene rings is 1. The third-order valence-electron chi connectivity index (χ3n) is 2.36. The van der Waals surface area contributed by atoms with Crippen molar-refractivity contribution in [1.29, 1.82) is 5.26 Å². The summed E-state index contributed by atoms with van der Waals surface area (Å²) in [5.41, 5.74) is 2.77. The van der Waals surface area contributed by atoms with Crippen LogP contribution in [0.25, 0.3) is 0 Å². The van der Waals surface area contributed by atoms with Crippen LogP contribution in [-0.2, 0) is 6.54 Å². The lowest BCUT2D eigenvalue weighted by Crippen LogP contribution is -1.98. The molecule has 2 aromatic rings. The molecule has 86 valence electrons. The Hall–Kier alpha value is -1.50. The zero-order chi connectivity index (χ0) is 12.3. The molecular weight excluding hydrogens is 252 g/mol. The van der Waals surface area contributed by atoms with Gasteiger partial charge >= 0.3 is 0 Å². The molecule has 0 aliphatic rings. The number of aryl methyl sites for hydroxylation is 1. The van der Waals surface area contributed by atoms with Crippen LogP contribution >= 0.6 is 22.9 Å². The van der Waals surface area contributed by atoms with Crippen molar-refractivity contribution < 1.29 is 0 Å². The molecule has 0 atom stereocenters. The second-order valence-electron chi connectivity index (χ2n) is 3.75. The van der Waals surface area contributed by atoms with Crippen LogP contribution < -0.4 is 5.32 Å². The van der Waals surface area contributed by atoms with E-state index in [-0.39, 0.29) is 0 Å². The largest absolute Gasteiger partial charge is 0.379 e. The molecule has 0 unspecified atom stereocenters. The molecule has 2 nitrogen and oxygen atoms in total. The first-order valence-corrected chi connectivity index (χ1v) is 6.42. The molecule has 4 heteroatoms. The van der Waals surface area contributed by atoms with Gasteiger partial charge in [-0.2, -0.15) is 5.26 Å². The number of rotatable bonds is 3. The summed E-state index contributed by atoms with van der Waals surface area (Å²) in [6.45, 7) is 2.70. The number of anilines is 1. The molecule has 1 N–H and O–H groups in total. The molecule has 2 rings (SSSR count). The molecule has 0 saturated heterocycles. The van der Waals surface area contributed by atoms with E-state index >= 15 is 0 Å². The van der Waals surface area contributed by atoms with E-state index in [9.17, 15) is 0 Å². The number of nitrogens with one attached hydrogen (secondary N) is 1. The van der Waals surface area contributed by atoms with Crippen molar-refractivity contribution >= 4 is 28.6 Å². The smallest absolute Gasteiger partial charge is 0.100 e. The molecule has 0 spiro atoms. The number of halogens is 1. The minimum Gasteiger partial charge on any atom is -0.379 e. The van der Waals surface area contributed by atoms with Crippen LogP contribution in [0, 0.1) is 18.3 Å². The lowest BCUT2D eigenvalue weighted by Gasteiger charge is -2.07. The summed E-state index contributed by atoms with van der Waals surface area (Å²) in [5.74, 6) is 0. The molecule has 1 aromatic carbocycles. The minimum absolute atomic E-state index is 0.690. The van der Waals surface area contributed by atoms with Crippen molar-refractivity contribution in [1.82, 2.24) is 0 Å². The van der Waals surface area contributed by atoms with Crippen molar-refractivity contribution in [3.05, 3.63) is 50.7 Å². The van der Waals surface area contributed by atoms with E-state index in [2.05, 4.69) is 11.4 Å². The maximum Gasteiger partial charge on any atom is 0.100 e. The van der Waals surface area contributed by atoms with E-state index in [1.165, 1.54) is 0 Å². The zero-order valence-electron chi connectivity index (χ0n) is 9.33. The fourth-order valence-electron chi connectivity index (χ4n) is 1.48. The average molecular weight is 263 g/mol. The summed E-state index contributed by atoms with van der Waals surface area (Å²) in [4.78, 5) is 1.12. The maximum atomic E-state index is 8.73. The Morgan fingerprint density at radius 1 is 1.41 bits per heavy atom. The van der Waals surface area contributed by atoms with Crippen molar-refractivity contribution in [2.45, 2.75) is 13.5 Å². The zero-order valence-corrected chi connectivity index (χ0v) is 10.9. The molecule has 17 heavy (non-hydrogen) atoms. The summed E-state index contributed by atoms with van der Waals surface area (Å²) < 4.78 is 0. The molecule has 0 aliphatic carbocycles. The van der Waals surface area contributed by atoms with Crippen LogP contribution in [0.3, 0.4) is 0 Å². The van der Waals surface area contributed by atoms with Gasteiger partial charge in [0.1, 0.15) is 6.07 Å². The summed E-state index contributed by atoms with van der Waals surface area (Å²) in [7, 11) is 0.